The quantitative estimate of drug-likeness (QED) is 0.791. The number of aliphatic hydroxyl groups excluding tert-OH is 1. The van der Waals surface area contributed by atoms with Crippen molar-refractivity contribution in [1.82, 2.24) is 14.7 Å². The Kier molecular flexibility index (Phi) is 4.13. The summed E-state index contributed by atoms with van der Waals surface area (Å²) in [7, 11) is 0. The van der Waals surface area contributed by atoms with Crippen LogP contribution in [0.3, 0.4) is 0 Å². The molecule has 20 heavy (non-hydrogen) atoms. The van der Waals surface area contributed by atoms with Crippen molar-refractivity contribution in [3.05, 3.63) is 17.0 Å². The van der Waals surface area contributed by atoms with E-state index in [1.54, 1.807) is 0 Å². The lowest BCUT2D eigenvalue weighted by atomic mass is 10.1. The Bertz CT molecular complexity index is 447. The largest absolute Gasteiger partial charge is 0.394 e. The standard InChI is InChI=1S/C16H27N3O/c1-12-16(13(2)19(17-12)7-8-20)11-18(9-14-3-4-14)10-15-5-6-15/h14-15,20H,3-11H2,1-2H3. The van der Waals surface area contributed by atoms with Gasteiger partial charge in [0.15, 0.2) is 0 Å². The molecule has 2 fully saturated rings. The fourth-order valence-electron chi connectivity index (χ4n) is 3.03. The second-order valence-electron chi connectivity index (χ2n) is 6.68. The summed E-state index contributed by atoms with van der Waals surface area (Å²) in [4.78, 5) is 2.65. The molecule has 1 aromatic rings. The molecule has 1 N–H and O–H groups in total. The lowest BCUT2D eigenvalue weighted by Crippen LogP contribution is -2.28. The third-order valence-corrected chi connectivity index (χ3v) is 4.65. The summed E-state index contributed by atoms with van der Waals surface area (Å²) in [5, 5.41) is 13.7. The van der Waals surface area contributed by atoms with Gasteiger partial charge in [0.05, 0.1) is 18.8 Å². The van der Waals surface area contributed by atoms with Crippen LogP contribution in [-0.4, -0.2) is 39.5 Å². The number of hydrogen-bond acceptors (Lipinski definition) is 3. The topological polar surface area (TPSA) is 41.3 Å². The van der Waals surface area contributed by atoms with Gasteiger partial charge in [-0.3, -0.25) is 9.58 Å². The fraction of sp³-hybridized carbons (Fsp3) is 0.812. The number of aliphatic hydroxyl groups is 1. The Hall–Kier alpha value is -0.870. The lowest BCUT2D eigenvalue weighted by Gasteiger charge is -2.22. The van der Waals surface area contributed by atoms with E-state index in [4.69, 9.17) is 5.11 Å². The SMILES string of the molecule is Cc1nn(CCO)c(C)c1CN(CC1CC1)CC1CC1. The minimum Gasteiger partial charge on any atom is -0.394 e. The summed E-state index contributed by atoms with van der Waals surface area (Å²) < 4.78 is 1.96. The number of nitrogens with zero attached hydrogens (tertiary/aromatic N) is 3. The first-order valence-electron chi connectivity index (χ1n) is 8.03. The van der Waals surface area contributed by atoms with E-state index < -0.39 is 0 Å². The summed E-state index contributed by atoms with van der Waals surface area (Å²) >= 11 is 0. The highest BCUT2D eigenvalue weighted by Crippen LogP contribution is 2.34. The van der Waals surface area contributed by atoms with Gasteiger partial charge in [-0.25, -0.2) is 0 Å². The average Bonchev–Trinajstić information content (AvgIpc) is 3.30. The van der Waals surface area contributed by atoms with Crippen LogP contribution in [0.4, 0.5) is 0 Å². The molecule has 0 unspecified atom stereocenters. The summed E-state index contributed by atoms with van der Waals surface area (Å²) in [6.45, 7) is 8.57. The summed E-state index contributed by atoms with van der Waals surface area (Å²) in [5.74, 6) is 1.89. The van der Waals surface area contributed by atoms with Crippen LogP contribution < -0.4 is 0 Å². The average molecular weight is 277 g/mol. The zero-order valence-corrected chi connectivity index (χ0v) is 12.8. The van der Waals surface area contributed by atoms with Crippen molar-refractivity contribution in [3.63, 3.8) is 0 Å². The molecular weight excluding hydrogens is 250 g/mol. The van der Waals surface area contributed by atoms with Crippen LogP contribution in [0.2, 0.25) is 0 Å². The Labute approximate surface area is 121 Å². The van der Waals surface area contributed by atoms with Crippen LogP contribution in [-0.2, 0) is 13.1 Å². The van der Waals surface area contributed by atoms with E-state index in [1.165, 1.54) is 50.0 Å². The van der Waals surface area contributed by atoms with Crippen LogP contribution in [0.5, 0.6) is 0 Å². The maximum Gasteiger partial charge on any atom is 0.0644 e. The van der Waals surface area contributed by atoms with E-state index in [0.717, 1.165) is 24.1 Å². The molecule has 2 aliphatic carbocycles. The Morgan fingerprint density at radius 2 is 1.75 bits per heavy atom. The first kappa shape index (κ1) is 14.1. The normalized spacial score (nSPS) is 19.0. The van der Waals surface area contributed by atoms with Crippen LogP contribution in [0.1, 0.15) is 42.6 Å². The van der Waals surface area contributed by atoms with Crippen molar-refractivity contribution in [2.45, 2.75) is 52.6 Å². The second kappa shape index (κ2) is 5.86. The van der Waals surface area contributed by atoms with Gasteiger partial charge in [0.1, 0.15) is 0 Å². The predicted molar refractivity (Wildman–Crippen MR) is 79.5 cm³/mol. The summed E-state index contributed by atoms with van der Waals surface area (Å²) in [6.07, 6.45) is 5.68. The van der Waals surface area contributed by atoms with Crippen LogP contribution in [0.15, 0.2) is 0 Å². The van der Waals surface area contributed by atoms with Gasteiger partial charge >= 0.3 is 0 Å². The molecule has 0 radical (unpaired) electrons. The van der Waals surface area contributed by atoms with Gasteiger partial charge in [-0.2, -0.15) is 5.10 Å². The van der Waals surface area contributed by atoms with E-state index in [0.29, 0.717) is 6.54 Å². The van der Waals surface area contributed by atoms with Crippen LogP contribution >= 0.6 is 0 Å². The number of hydrogen-bond donors (Lipinski definition) is 1. The molecule has 0 bridgehead atoms. The van der Waals surface area contributed by atoms with Gasteiger partial charge in [-0.15, -0.1) is 0 Å². The molecule has 0 amide bonds. The molecule has 0 spiro atoms. The smallest absolute Gasteiger partial charge is 0.0644 e. The van der Waals surface area contributed by atoms with Crippen molar-refractivity contribution in [3.8, 4) is 0 Å². The number of aromatic nitrogens is 2. The van der Waals surface area contributed by atoms with Gasteiger partial charge in [-0.1, -0.05) is 0 Å². The molecule has 1 aromatic heterocycles. The summed E-state index contributed by atoms with van der Waals surface area (Å²) in [5.41, 5.74) is 3.74. The summed E-state index contributed by atoms with van der Waals surface area (Å²) in [6, 6.07) is 0. The van der Waals surface area contributed by atoms with E-state index in [-0.39, 0.29) is 6.61 Å². The molecule has 0 aliphatic heterocycles. The molecule has 4 heteroatoms. The van der Waals surface area contributed by atoms with Gasteiger partial charge in [0.2, 0.25) is 0 Å². The minimum absolute atomic E-state index is 0.162. The van der Waals surface area contributed by atoms with E-state index in [1.807, 2.05) is 4.68 Å². The highest BCUT2D eigenvalue weighted by molar-refractivity contribution is 5.24. The molecule has 0 atom stereocenters. The molecule has 0 saturated heterocycles. The van der Waals surface area contributed by atoms with Crippen molar-refractivity contribution in [2.24, 2.45) is 11.8 Å². The first-order valence-corrected chi connectivity index (χ1v) is 8.03. The van der Waals surface area contributed by atoms with Crippen molar-refractivity contribution in [1.29, 1.82) is 0 Å². The Morgan fingerprint density at radius 3 is 2.25 bits per heavy atom. The fourth-order valence-corrected chi connectivity index (χ4v) is 3.03. The molecular formula is C16H27N3O. The Balaban J connectivity index is 1.69. The van der Waals surface area contributed by atoms with Crippen molar-refractivity contribution < 1.29 is 5.11 Å². The Morgan fingerprint density at radius 1 is 1.15 bits per heavy atom. The van der Waals surface area contributed by atoms with Crippen molar-refractivity contribution >= 4 is 0 Å². The third-order valence-electron chi connectivity index (χ3n) is 4.65. The van der Waals surface area contributed by atoms with Gasteiger partial charge in [0, 0.05) is 30.9 Å². The molecule has 3 rings (SSSR count). The molecule has 112 valence electrons. The van der Waals surface area contributed by atoms with Gasteiger partial charge < -0.3 is 5.11 Å². The van der Waals surface area contributed by atoms with Crippen LogP contribution in [0, 0.1) is 25.7 Å². The zero-order chi connectivity index (χ0) is 14.1. The molecule has 2 saturated carbocycles. The van der Waals surface area contributed by atoms with Crippen molar-refractivity contribution in [2.75, 3.05) is 19.7 Å². The van der Waals surface area contributed by atoms with E-state index in [9.17, 15) is 0 Å². The number of aryl methyl sites for hydroxylation is 1. The highest BCUT2D eigenvalue weighted by Gasteiger charge is 2.30. The van der Waals surface area contributed by atoms with Gasteiger partial charge in [0.25, 0.3) is 0 Å². The second-order valence-corrected chi connectivity index (χ2v) is 6.68. The first-order chi connectivity index (χ1) is 9.67. The van der Waals surface area contributed by atoms with Crippen LogP contribution in [0.25, 0.3) is 0 Å². The van der Waals surface area contributed by atoms with Gasteiger partial charge in [-0.05, 0) is 51.4 Å². The lowest BCUT2D eigenvalue weighted by molar-refractivity contribution is 0.243. The monoisotopic (exact) mass is 277 g/mol. The molecule has 4 nitrogen and oxygen atoms in total. The molecule has 2 aliphatic rings. The molecule has 0 aromatic carbocycles. The highest BCUT2D eigenvalue weighted by atomic mass is 16.3. The maximum atomic E-state index is 9.11. The zero-order valence-electron chi connectivity index (χ0n) is 12.8. The van der Waals surface area contributed by atoms with E-state index in [2.05, 4.69) is 23.8 Å². The van der Waals surface area contributed by atoms with E-state index >= 15 is 0 Å². The molecule has 1 heterocycles. The number of rotatable bonds is 8. The maximum absolute atomic E-state index is 9.11. The predicted octanol–water partition coefficient (Wildman–Crippen LogP) is 2.11. The minimum atomic E-state index is 0.162. The third kappa shape index (κ3) is 3.41.